The number of hydrogen-bond acceptors (Lipinski definition) is 4. The van der Waals surface area contributed by atoms with Crippen LogP contribution in [0.4, 0.5) is 5.69 Å². The molecule has 1 heterocycles. The molecule has 2 amide bonds. The maximum Gasteiger partial charge on any atom is 0.243 e. The topological polar surface area (TPSA) is 95.6 Å². The van der Waals surface area contributed by atoms with E-state index in [2.05, 4.69) is 26.6 Å². The Kier molecular flexibility index (Phi) is 6.36. The molecule has 0 atom stereocenters. The fourth-order valence-corrected chi connectivity index (χ4v) is 3.78. The molecule has 0 aromatic heterocycles. The highest BCUT2D eigenvalue weighted by atomic mass is 79.9. The fraction of sp³-hybridized carbons (Fsp3) is 0.467. The minimum atomic E-state index is -3.21. The molecular formula is C15H20BrN3O4S. The van der Waals surface area contributed by atoms with Crippen LogP contribution in [0.25, 0.3) is 0 Å². The van der Waals surface area contributed by atoms with E-state index in [9.17, 15) is 18.0 Å². The fourth-order valence-electron chi connectivity index (χ4n) is 2.52. The van der Waals surface area contributed by atoms with E-state index < -0.39 is 10.0 Å². The summed E-state index contributed by atoms with van der Waals surface area (Å²) in [5.41, 5.74) is 0.637. The van der Waals surface area contributed by atoms with Crippen molar-refractivity contribution in [3.05, 3.63) is 28.7 Å². The van der Waals surface area contributed by atoms with Gasteiger partial charge in [0.05, 0.1) is 18.5 Å². The average Bonchev–Trinajstić information content (AvgIpc) is 2.54. The van der Waals surface area contributed by atoms with Crippen LogP contribution in [0.5, 0.6) is 0 Å². The summed E-state index contributed by atoms with van der Waals surface area (Å²) < 4.78 is 25.0. The van der Waals surface area contributed by atoms with Crippen LogP contribution in [-0.4, -0.2) is 50.4 Å². The van der Waals surface area contributed by atoms with Crippen LogP contribution in [0, 0.1) is 5.92 Å². The SMILES string of the molecule is CS(=O)(=O)N1CCC(C(=O)NCC(=O)Nc2ccccc2Br)CC1. The predicted molar refractivity (Wildman–Crippen MR) is 94.9 cm³/mol. The van der Waals surface area contributed by atoms with E-state index in [-0.39, 0.29) is 24.3 Å². The van der Waals surface area contributed by atoms with E-state index in [0.717, 1.165) is 4.47 Å². The van der Waals surface area contributed by atoms with Crippen molar-refractivity contribution in [1.82, 2.24) is 9.62 Å². The number of para-hydroxylation sites is 1. The molecule has 0 unspecified atom stereocenters. The summed E-state index contributed by atoms with van der Waals surface area (Å²) in [5, 5.41) is 5.32. The highest BCUT2D eigenvalue weighted by Crippen LogP contribution is 2.21. The molecule has 0 aliphatic carbocycles. The lowest BCUT2D eigenvalue weighted by Crippen LogP contribution is -2.44. The second-order valence-electron chi connectivity index (χ2n) is 5.68. The Labute approximate surface area is 150 Å². The normalized spacial score (nSPS) is 16.6. The van der Waals surface area contributed by atoms with Gasteiger partial charge in [-0.05, 0) is 40.9 Å². The van der Waals surface area contributed by atoms with E-state index in [1.54, 1.807) is 12.1 Å². The quantitative estimate of drug-likeness (QED) is 0.751. The number of rotatable bonds is 5. The first-order chi connectivity index (χ1) is 11.3. The molecule has 1 saturated heterocycles. The Morgan fingerprint density at radius 1 is 1.25 bits per heavy atom. The largest absolute Gasteiger partial charge is 0.347 e. The zero-order valence-electron chi connectivity index (χ0n) is 13.3. The second kappa shape index (κ2) is 8.09. The molecule has 132 valence electrons. The lowest BCUT2D eigenvalue weighted by atomic mass is 9.97. The van der Waals surface area contributed by atoms with Crippen molar-refractivity contribution >= 4 is 43.5 Å². The number of sulfonamides is 1. The Bertz CT molecular complexity index is 715. The van der Waals surface area contributed by atoms with Gasteiger partial charge in [-0.1, -0.05) is 12.1 Å². The first-order valence-electron chi connectivity index (χ1n) is 7.54. The van der Waals surface area contributed by atoms with Gasteiger partial charge in [-0.25, -0.2) is 12.7 Å². The molecule has 7 nitrogen and oxygen atoms in total. The molecule has 0 bridgehead atoms. The van der Waals surface area contributed by atoms with Gasteiger partial charge in [0.15, 0.2) is 0 Å². The van der Waals surface area contributed by atoms with Crippen LogP contribution in [0.3, 0.4) is 0 Å². The maximum atomic E-state index is 12.1. The predicted octanol–water partition coefficient (Wildman–Crippen LogP) is 1.18. The highest BCUT2D eigenvalue weighted by molar-refractivity contribution is 9.10. The van der Waals surface area contributed by atoms with Crippen LogP contribution < -0.4 is 10.6 Å². The summed E-state index contributed by atoms with van der Waals surface area (Å²) in [6.45, 7) is 0.548. The zero-order chi connectivity index (χ0) is 17.7. The number of halogens is 1. The van der Waals surface area contributed by atoms with Crippen molar-refractivity contribution in [2.45, 2.75) is 12.8 Å². The Morgan fingerprint density at radius 2 is 1.88 bits per heavy atom. The number of piperidine rings is 1. The van der Waals surface area contributed by atoms with E-state index in [1.807, 2.05) is 12.1 Å². The van der Waals surface area contributed by atoms with Crippen molar-refractivity contribution in [2.24, 2.45) is 5.92 Å². The highest BCUT2D eigenvalue weighted by Gasteiger charge is 2.28. The van der Waals surface area contributed by atoms with E-state index >= 15 is 0 Å². The summed E-state index contributed by atoms with van der Waals surface area (Å²) in [6, 6.07) is 7.20. The average molecular weight is 418 g/mol. The number of nitrogens with one attached hydrogen (secondary N) is 2. The number of hydrogen-bond donors (Lipinski definition) is 2. The monoisotopic (exact) mass is 417 g/mol. The molecule has 0 radical (unpaired) electrons. The van der Waals surface area contributed by atoms with E-state index in [4.69, 9.17) is 0 Å². The molecule has 1 fully saturated rings. The minimum absolute atomic E-state index is 0.119. The number of benzene rings is 1. The molecule has 2 N–H and O–H groups in total. The molecule has 0 spiro atoms. The van der Waals surface area contributed by atoms with Gasteiger partial charge in [-0.2, -0.15) is 0 Å². The second-order valence-corrected chi connectivity index (χ2v) is 8.52. The third kappa shape index (κ3) is 5.29. The van der Waals surface area contributed by atoms with Gasteiger partial charge in [0.1, 0.15) is 0 Å². The standard InChI is InChI=1S/C15H20BrN3O4S/c1-24(22,23)19-8-6-11(7-9-19)15(21)17-10-14(20)18-13-5-3-2-4-12(13)16/h2-5,11H,6-10H2,1H3,(H,17,21)(H,18,20). The van der Waals surface area contributed by atoms with Crippen LogP contribution in [0.2, 0.25) is 0 Å². The number of carbonyl (C=O) groups is 2. The van der Waals surface area contributed by atoms with Crippen LogP contribution in [0.1, 0.15) is 12.8 Å². The summed E-state index contributed by atoms with van der Waals surface area (Å²) >= 11 is 3.33. The van der Waals surface area contributed by atoms with Gasteiger partial charge < -0.3 is 10.6 Å². The molecule has 1 aliphatic heterocycles. The molecule has 2 rings (SSSR count). The van der Waals surface area contributed by atoms with Crippen LogP contribution >= 0.6 is 15.9 Å². The molecule has 1 aromatic carbocycles. The molecular weight excluding hydrogens is 398 g/mol. The maximum absolute atomic E-state index is 12.1. The smallest absolute Gasteiger partial charge is 0.243 e. The van der Waals surface area contributed by atoms with Crippen LogP contribution in [0.15, 0.2) is 28.7 Å². The number of carbonyl (C=O) groups excluding carboxylic acids is 2. The molecule has 0 saturated carbocycles. The van der Waals surface area contributed by atoms with Crippen molar-refractivity contribution in [1.29, 1.82) is 0 Å². The third-order valence-corrected chi connectivity index (χ3v) is 5.86. The van der Waals surface area contributed by atoms with Gasteiger partial charge in [0.2, 0.25) is 21.8 Å². The molecule has 24 heavy (non-hydrogen) atoms. The Balaban J connectivity index is 1.77. The summed E-state index contributed by atoms with van der Waals surface area (Å²) in [5.74, 6) is -0.798. The first-order valence-corrected chi connectivity index (χ1v) is 10.2. The summed E-state index contributed by atoms with van der Waals surface area (Å²) in [4.78, 5) is 24.0. The summed E-state index contributed by atoms with van der Waals surface area (Å²) in [6.07, 6.45) is 2.09. The first kappa shape index (κ1) is 18.9. The lowest BCUT2D eigenvalue weighted by molar-refractivity contribution is -0.128. The van der Waals surface area contributed by atoms with Gasteiger partial charge in [-0.3, -0.25) is 9.59 Å². The van der Waals surface area contributed by atoms with Gasteiger partial charge in [-0.15, -0.1) is 0 Å². The molecule has 1 aliphatic rings. The number of amides is 2. The Hall–Kier alpha value is -1.45. The van der Waals surface area contributed by atoms with Gasteiger partial charge in [0, 0.05) is 23.5 Å². The minimum Gasteiger partial charge on any atom is -0.347 e. The Morgan fingerprint density at radius 3 is 2.46 bits per heavy atom. The van der Waals surface area contributed by atoms with Crippen LogP contribution in [-0.2, 0) is 19.6 Å². The van der Waals surface area contributed by atoms with Gasteiger partial charge in [0.25, 0.3) is 0 Å². The molecule has 9 heteroatoms. The zero-order valence-corrected chi connectivity index (χ0v) is 15.7. The van der Waals surface area contributed by atoms with Crippen molar-refractivity contribution in [3.63, 3.8) is 0 Å². The van der Waals surface area contributed by atoms with Crippen molar-refractivity contribution in [3.8, 4) is 0 Å². The lowest BCUT2D eigenvalue weighted by Gasteiger charge is -2.29. The van der Waals surface area contributed by atoms with E-state index in [0.29, 0.717) is 31.6 Å². The summed E-state index contributed by atoms with van der Waals surface area (Å²) in [7, 11) is -3.21. The molecule has 1 aromatic rings. The van der Waals surface area contributed by atoms with E-state index in [1.165, 1.54) is 10.6 Å². The third-order valence-electron chi connectivity index (χ3n) is 3.86. The van der Waals surface area contributed by atoms with Gasteiger partial charge >= 0.3 is 0 Å². The number of nitrogens with zero attached hydrogens (tertiary/aromatic N) is 1. The van der Waals surface area contributed by atoms with Crippen molar-refractivity contribution in [2.75, 3.05) is 31.2 Å². The number of anilines is 1. The van der Waals surface area contributed by atoms with Crippen molar-refractivity contribution < 1.29 is 18.0 Å².